The van der Waals surface area contributed by atoms with Crippen LogP contribution in [0.5, 0.6) is 5.75 Å². The Morgan fingerprint density at radius 3 is 2.73 bits per heavy atom. The van der Waals surface area contributed by atoms with Crippen LogP contribution in [-0.2, 0) is 4.79 Å². The van der Waals surface area contributed by atoms with Crippen LogP contribution in [0.2, 0.25) is 0 Å². The first-order valence-electron chi connectivity index (χ1n) is 7.08. The van der Waals surface area contributed by atoms with Gasteiger partial charge in [-0.05, 0) is 43.9 Å². The molecule has 0 bridgehead atoms. The molecule has 22 heavy (non-hydrogen) atoms. The van der Waals surface area contributed by atoms with E-state index in [1.807, 2.05) is 44.4 Å². The van der Waals surface area contributed by atoms with Crippen molar-refractivity contribution < 1.29 is 9.53 Å². The molecule has 1 N–H and O–H groups in total. The largest absolute Gasteiger partial charge is 0.493 e. The second kappa shape index (κ2) is 7.84. The summed E-state index contributed by atoms with van der Waals surface area (Å²) in [6.07, 6.45) is 3.93. The Labute approximate surface area is 135 Å². The van der Waals surface area contributed by atoms with Crippen molar-refractivity contribution in [1.29, 1.82) is 0 Å². The molecule has 4 nitrogen and oxygen atoms in total. The number of carbonyl (C=O) groups is 1. The van der Waals surface area contributed by atoms with E-state index in [0.717, 1.165) is 16.3 Å². The van der Waals surface area contributed by atoms with Crippen molar-refractivity contribution in [2.45, 2.75) is 25.3 Å². The highest BCUT2D eigenvalue weighted by molar-refractivity contribution is 7.98. The lowest BCUT2D eigenvalue weighted by molar-refractivity contribution is -0.116. The predicted molar refractivity (Wildman–Crippen MR) is 90.7 cm³/mol. The van der Waals surface area contributed by atoms with Crippen molar-refractivity contribution in [3.05, 3.63) is 47.7 Å². The molecule has 0 atom stereocenters. The van der Waals surface area contributed by atoms with Crippen LogP contribution in [0.1, 0.15) is 17.5 Å². The summed E-state index contributed by atoms with van der Waals surface area (Å²) in [5.74, 6) is 0.743. The zero-order valence-corrected chi connectivity index (χ0v) is 13.9. The number of nitrogens with zero attached hydrogens (tertiary/aromatic N) is 1. The average molecular weight is 316 g/mol. The summed E-state index contributed by atoms with van der Waals surface area (Å²) in [4.78, 5) is 16.1. The normalized spacial score (nSPS) is 10.3. The van der Waals surface area contributed by atoms with Crippen molar-refractivity contribution in [2.75, 3.05) is 18.2 Å². The van der Waals surface area contributed by atoms with Gasteiger partial charge in [0.2, 0.25) is 5.91 Å². The Hall–Kier alpha value is -2.01. The topological polar surface area (TPSA) is 51.2 Å². The van der Waals surface area contributed by atoms with Gasteiger partial charge < -0.3 is 10.1 Å². The molecular weight excluding hydrogens is 296 g/mol. The van der Waals surface area contributed by atoms with Crippen LogP contribution in [0.3, 0.4) is 0 Å². The monoisotopic (exact) mass is 316 g/mol. The van der Waals surface area contributed by atoms with E-state index < -0.39 is 0 Å². The smallest absolute Gasteiger partial charge is 0.227 e. The molecule has 2 rings (SSSR count). The zero-order valence-electron chi connectivity index (χ0n) is 13.1. The van der Waals surface area contributed by atoms with E-state index >= 15 is 0 Å². The van der Waals surface area contributed by atoms with Gasteiger partial charge in [0.1, 0.15) is 5.75 Å². The third kappa shape index (κ3) is 4.77. The molecule has 0 aliphatic rings. The summed E-state index contributed by atoms with van der Waals surface area (Å²) in [6, 6.07) is 9.73. The Morgan fingerprint density at radius 1 is 1.27 bits per heavy atom. The fraction of sp³-hybridized carbons (Fsp3) is 0.294. The fourth-order valence-electron chi connectivity index (χ4n) is 2.01. The van der Waals surface area contributed by atoms with Crippen LogP contribution < -0.4 is 10.1 Å². The van der Waals surface area contributed by atoms with Crippen LogP contribution >= 0.6 is 11.8 Å². The summed E-state index contributed by atoms with van der Waals surface area (Å²) >= 11 is 1.57. The number of thioether (sulfide) groups is 1. The van der Waals surface area contributed by atoms with Gasteiger partial charge in [0, 0.05) is 0 Å². The molecule has 0 aliphatic heterocycles. The molecule has 1 heterocycles. The average Bonchev–Trinajstić information content (AvgIpc) is 2.50. The van der Waals surface area contributed by atoms with E-state index in [1.54, 1.807) is 18.0 Å². The van der Waals surface area contributed by atoms with Crippen molar-refractivity contribution >= 4 is 23.4 Å². The molecular formula is C17H20N2O2S. The number of carbonyl (C=O) groups excluding carboxylic acids is 1. The molecule has 1 aromatic heterocycles. The number of ether oxygens (including phenoxy) is 1. The minimum Gasteiger partial charge on any atom is -0.493 e. The van der Waals surface area contributed by atoms with Crippen LogP contribution in [-0.4, -0.2) is 23.8 Å². The highest BCUT2D eigenvalue weighted by Gasteiger charge is 2.05. The molecule has 0 unspecified atom stereocenters. The van der Waals surface area contributed by atoms with Crippen molar-refractivity contribution in [2.24, 2.45) is 0 Å². The lowest BCUT2D eigenvalue weighted by Gasteiger charge is -2.10. The molecule has 0 spiro atoms. The van der Waals surface area contributed by atoms with Gasteiger partial charge in [0.15, 0.2) is 0 Å². The molecule has 0 saturated heterocycles. The molecule has 0 saturated carbocycles. The summed E-state index contributed by atoms with van der Waals surface area (Å²) in [5.41, 5.74) is 2.98. The summed E-state index contributed by atoms with van der Waals surface area (Å²) in [6.45, 7) is 4.40. The van der Waals surface area contributed by atoms with Gasteiger partial charge in [0.25, 0.3) is 0 Å². The Balaban J connectivity index is 1.79. The Morgan fingerprint density at radius 2 is 2.09 bits per heavy atom. The standard InChI is InChI=1S/C17H20N2O2S/c1-12-4-6-15(13(2)10-12)21-9-8-16(20)19-14-5-7-17(22-3)18-11-14/h4-7,10-11H,8-9H2,1-3H3,(H,19,20). The second-order valence-corrected chi connectivity index (χ2v) is 5.83. The number of aryl methyl sites for hydroxylation is 2. The first kappa shape index (κ1) is 16.4. The Bertz CT molecular complexity index is 642. The number of nitrogens with one attached hydrogen (secondary N) is 1. The number of rotatable bonds is 6. The third-order valence-electron chi connectivity index (χ3n) is 3.15. The van der Waals surface area contributed by atoms with E-state index in [0.29, 0.717) is 18.7 Å². The minimum atomic E-state index is -0.0801. The molecule has 116 valence electrons. The number of hydrogen-bond donors (Lipinski definition) is 1. The first-order chi connectivity index (χ1) is 10.6. The summed E-state index contributed by atoms with van der Waals surface area (Å²) < 4.78 is 5.66. The maximum absolute atomic E-state index is 11.9. The number of hydrogen-bond acceptors (Lipinski definition) is 4. The van der Waals surface area contributed by atoms with Crippen molar-refractivity contribution in [1.82, 2.24) is 4.98 Å². The lowest BCUT2D eigenvalue weighted by Crippen LogP contribution is -2.15. The van der Waals surface area contributed by atoms with Gasteiger partial charge in [0.05, 0.1) is 29.9 Å². The molecule has 0 fully saturated rings. The maximum atomic E-state index is 11.9. The maximum Gasteiger partial charge on any atom is 0.227 e. The van der Waals surface area contributed by atoms with E-state index in [2.05, 4.69) is 16.4 Å². The van der Waals surface area contributed by atoms with Gasteiger partial charge >= 0.3 is 0 Å². The predicted octanol–water partition coefficient (Wildman–Crippen LogP) is 3.83. The number of benzene rings is 1. The zero-order chi connectivity index (χ0) is 15.9. The molecule has 1 amide bonds. The third-order valence-corrected chi connectivity index (χ3v) is 3.81. The number of aromatic nitrogens is 1. The van der Waals surface area contributed by atoms with Crippen LogP contribution in [0.4, 0.5) is 5.69 Å². The van der Waals surface area contributed by atoms with Crippen LogP contribution in [0, 0.1) is 13.8 Å². The van der Waals surface area contributed by atoms with E-state index in [4.69, 9.17) is 4.74 Å². The van der Waals surface area contributed by atoms with E-state index in [-0.39, 0.29) is 5.91 Å². The van der Waals surface area contributed by atoms with Gasteiger partial charge in [-0.1, -0.05) is 17.7 Å². The SMILES string of the molecule is CSc1ccc(NC(=O)CCOc2ccc(C)cc2C)cn1. The molecule has 0 aliphatic carbocycles. The van der Waals surface area contributed by atoms with Crippen molar-refractivity contribution in [3.63, 3.8) is 0 Å². The second-order valence-electron chi connectivity index (χ2n) is 5.00. The van der Waals surface area contributed by atoms with Crippen LogP contribution in [0.15, 0.2) is 41.6 Å². The van der Waals surface area contributed by atoms with Gasteiger partial charge in [-0.25, -0.2) is 4.98 Å². The Kier molecular flexibility index (Phi) is 5.83. The van der Waals surface area contributed by atoms with E-state index in [9.17, 15) is 4.79 Å². The quantitative estimate of drug-likeness (QED) is 0.823. The fourth-order valence-corrected chi connectivity index (χ4v) is 2.38. The molecule has 5 heteroatoms. The van der Waals surface area contributed by atoms with Gasteiger partial charge in [-0.15, -0.1) is 11.8 Å². The summed E-state index contributed by atoms with van der Waals surface area (Å²) in [5, 5.41) is 3.74. The lowest BCUT2D eigenvalue weighted by atomic mass is 10.1. The molecule has 1 aromatic carbocycles. The summed E-state index contributed by atoms with van der Waals surface area (Å²) in [7, 11) is 0. The van der Waals surface area contributed by atoms with Gasteiger partial charge in [-0.2, -0.15) is 0 Å². The highest BCUT2D eigenvalue weighted by Crippen LogP contribution is 2.19. The molecule has 2 aromatic rings. The molecule has 0 radical (unpaired) electrons. The number of amides is 1. The highest BCUT2D eigenvalue weighted by atomic mass is 32.2. The minimum absolute atomic E-state index is 0.0801. The first-order valence-corrected chi connectivity index (χ1v) is 8.31. The van der Waals surface area contributed by atoms with Crippen LogP contribution in [0.25, 0.3) is 0 Å². The van der Waals surface area contributed by atoms with E-state index in [1.165, 1.54) is 5.56 Å². The van der Waals surface area contributed by atoms with Crippen molar-refractivity contribution in [3.8, 4) is 5.75 Å². The van der Waals surface area contributed by atoms with Gasteiger partial charge in [-0.3, -0.25) is 4.79 Å². The number of pyridine rings is 1. The number of anilines is 1.